The van der Waals surface area contributed by atoms with Crippen LogP contribution in [-0.4, -0.2) is 63.1 Å². The van der Waals surface area contributed by atoms with E-state index in [1.165, 1.54) is 13.2 Å². The van der Waals surface area contributed by atoms with Gasteiger partial charge < -0.3 is 30.2 Å². The van der Waals surface area contributed by atoms with Crippen LogP contribution in [-0.2, 0) is 21.0 Å². The Morgan fingerprint density at radius 2 is 1.69 bits per heavy atom. The van der Waals surface area contributed by atoms with Gasteiger partial charge in [-0.3, -0.25) is 4.79 Å². The molecule has 3 aromatic carbocycles. The first kappa shape index (κ1) is 33.1. The highest BCUT2D eigenvalue weighted by Crippen LogP contribution is 2.52. The minimum atomic E-state index is -3.21. The van der Waals surface area contributed by atoms with Gasteiger partial charge in [0.2, 0.25) is 5.91 Å². The van der Waals surface area contributed by atoms with Crippen LogP contribution >= 0.6 is 0 Å². The lowest BCUT2D eigenvalue weighted by Gasteiger charge is -2.30. The number of halogens is 2. The van der Waals surface area contributed by atoms with Crippen LogP contribution in [0.2, 0.25) is 0 Å². The Hall–Kier alpha value is -5.10. The summed E-state index contributed by atoms with van der Waals surface area (Å²) in [5.41, 5.74) is 5.17. The fourth-order valence-electron chi connectivity index (χ4n) is 7.96. The van der Waals surface area contributed by atoms with E-state index >= 15 is 8.78 Å². The van der Waals surface area contributed by atoms with Crippen molar-refractivity contribution < 1.29 is 23.1 Å². The number of aromatic amines is 2. The minimum absolute atomic E-state index is 0.0223. The molecule has 12 heteroatoms. The minimum Gasteiger partial charge on any atom is -0.453 e. The van der Waals surface area contributed by atoms with Gasteiger partial charge in [-0.25, -0.2) is 14.8 Å². The Kier molecular flexibility index (Phi) is 7.97. The number of likely N-dealkylation sites (tertiary alicyclic amines) is 1. The van der Waals surface area contributed by atoms with Crippen LogP contribution in [0.3, 0.4) is 0 Å². The number of nitrogens with zero attached hydrogens (tertiary/aromatic N) is 3. The number of alkyl halides is 2. The summed E-state index contributed by atoms with van der Waals surface area (Å²) in [6, 6.07) is 15.2. The Bertz CT molecular complexity index is 2170. The van der Waals surface area contributed by atoms with E-state index in [1.807, 2.05) is 44.2 Å². The largest absolute Gasteiger partial charge is 0.453 e. The summed E-state index contributed by atoms with van der Waals surface area (Å²) in [4.78, 5) is 43.4. The number of carbonyl (C=O) groups is 2. The maximum Gasteiger partial charge on any atom is 0.407 e. The molecule has 8 rings (SSSR count). The third kappa shape index (κ3) is 5.56. The lowest BCUT2D eigenvalue weighted by Crippen LogP contribution is -2.51. The zero-order valence-electron chi connectivity index (χ0n) is 29.1. The molecule has 10 nitrogen and oxygen atoms in total. The van der Waals surface area contributed by atoms with Crippen molar-refractivity contribution in [2.45, 2.75) is 70.0 Å². The highest BCUT2D eigenvalue weighted by molar-refractivity contribution is 5.88. The number of nitrogens with one attached hydrogen (secondary N) is 4. The third-order valence-corrected chi connectivity index (χ3v) is 10.9. The summed E-state index contributed by atoms with van der Waals surface area (Å²) in [5.74, 6) is -2.11. The molecular formula is C39H41F2N7O3. The Labute approximate surface area is 294 Å². The Morgan fingerprint density at radius 1 is 0.980 bits per heavy atom. The van der Waals surface area contributed by atoms with E-state index in [0.717, 1.165) is 48.2 Å². The molecule has 0 spiro atoms. The van der Waals surface area contributed by atoms with Crippen molar-refractivity contribution in [1.82, 2.24) is 35.5 Å². The molecule has 5 aromatic rings. The fourth-order valence-corrected chi connectivity index (χ4v) is 7.96. The summed E-state index contributed by atoms with van der Waals surface area (Å²) in [6.07, 6.45) is 4.51. The zero-order chi connectivity index (χ0) is 35.7. The first-order chi connectivity index (χ1) is 24.5. The molecule has 2 aromatic heterocycles. The number of hydrogen-bond acceptors (Lipinski definition) is 6. The molecule has 0 saturated carbocycles. The monoisotopic (exact) mass is 693 g/mol. The summed E-state index contributed by atoms with van der Waals surface area (Å²) in [6.45, 7) is 7.35. The molecule has 2 saturated heterocycles. The van der Waals surface area contributed by atoms with Crippen molar-refractivity contribution in [1.29, 1.82) is 0 Å². The highest BCUT2D eigenvalue weighted by Gasteiger charge is 2.45. The maximum absolute atomic E-state index is 16.3. The van der Waals surface area contributed by atoms with Crippen molar-refractivity contribution in [2.24, 2.45) is 5.92 Å². The SMILES string of the molecule is COC(=O)N[C@H](C(=O)N1CCCC1c1ncc(-c2ccc3c(c2)C(F)(F)c2cc(-c4ccc5nc([C@]6(C)CCCN6)[nH]c5c4)ccc2-3)[nH]1)C(C)C. The van der Waals surface area contributed by atoms with Crippen LogP contribution in [0, 0.1) is 5.92 Å². The standard InChI is InChI=1S/C39H41F2N7O3/c1-21(2)33(47-37(50)51-4)35(49)48-16-5-7-32(48)34-42-20-31(44-34)24-9-12-26-25-11-8-22(17-27(25)39(40,41)28(26)18-24)23-10-13-29-30(19-23)46-36(45-29)38(3)14-6-15-43-38/h8-13,17-21,32-33,43H,5-7,14-16H2,1-4H3,(H,42,44)(H,45,46)(H,47,50)/t32?,33-,38-/m0/s1. The number of H-pyrrole nitrogens is 2. The zero-order valence-corrected chi connectivity index (χ0v) is 29.1. The smallest absolute Gasteiger partial charge is 0.407 e. The maximum atomic E-state index is 16.3. The lowest BCUT2D eigenvalue weighted by atomic mass is 9.98. The number of alkyl carbamates (subject to hydrolysis) is 1. The van der Waals surface area contributed by atoms with E-state index in [4.69, 9.17) is 9.72 Å². The van der Waals surface area contributed by atoms with Gasteiger partial charge in [0.05, 0.1) is 41.6 Å². The number of benzene rings is 3. The van der Waals surface area contributed by atoms with E-state index < -0.39 is 18.1 Å². The number of fused-ring (bicyclic) bond motifs is 4. The van der Waals surface area contributed by atoms with Gasteiger partial charge in [-0.15, -0.1) is 0 Å². The predicted molar refractivity (Wildman–Crippen MR) is 190 cm³/mol. The molecule has 1 aliphatic carbocycles. The number of carbonyl (C=O) groups excluding carboxylic acids is 2. The number of methoxy groups -OCH3 is 1. The number of imidazole rings is 2. The molecular weight excluding hydrogens is 652 g/mol. The first-order valence-electron chi connectivity index (χ1n) is 17.6. The van der Waals surface area contributed by atoms with Gasteiger partial charge in [-0.05, 0) is 91.6 Å². The highest BCUT2D eigenvalue weighted by atomic mass is 19.3. The second-order valence-corrected chi connectivity index (χ2v) is 14.5. The average molecular weight is 694 g/mol. The second kappa shape index (κ2) is 12.3. The van der Waals surface area contributed by atoms with Gasteiger partial charge in [0.1, 0.15) is 17.7 Å². The van der Waals surface area contributed by atoms with Gasteiger partial charge in [0.15, 0.2) is 0 Å². The van der Waals surface area contributed by atoms with Crippen LogP contribution in [0.25, 0.3) is 44.5 Å². The van der Waals surface area contributed by atoms with Gasteiger partial charge in [0, 0.05) is 23.2 Å². The molecule has 0 bridgehead atoms. The normalized spacial score (nSPS) is 21.2. The van der Waals surface area contributed by atoms with Crippen molar-refractivity contribution in [3.63, 3.8) is 0 Å². The van der Waals surface area contributed by atoms with Crippen molar-refractivity contribution in [3.05, 3.63) is 83.6 Å². The summed E-state index contributed by atoms with van der Waals surface area (Å²) in [5, 5.41) is 6.19. The quantitative estimate of drug-likeness (QED) is 0.141. The fraction of sp³-hybridized carbons (Fsp3) is 0.385. The number of ether oxygens (including phenoxy) is 1. The molecule has 3 atom stereocenters. The molecule has 264 valence electrons. The van der Waals surface area contributed by atoms with Gasteiger partial charge in [-0.1, -0.05) is 44.2 Å². The number of amides is 2. The number of rotatable bonds is 7. The number of hydrogen-bond donors (Lipinski definition) is 4. The van der Waals surface area contributed by atoms with E-state index in [0.29, 0.717) is 46.7 Å². The molecule has 4 heterocycles. The molecule has 51 heavy (non-hydrogen) atoms. The van der Waals surface area contributed by atoms with Crippen LogP contribution in [0.1, 0.15) is 75.3 Å². The van der Waals surface area contributed by atoms with Gasteiger partial charge in [0.25, 0.3) is 5.92 Å². The average Bonchev–Trinajstić information content (AvgIpc) is 3.97. The van der Waals surface area contributed by atoms with Gasteiger partial charge in [-0.2, -0.15) is 8.78 Å². The van der Waals surface area contributed by atoms with E-state index in [9.17, 15) is 9.59 Å². The van der Waals surface area contributed by atoms with E-state index in [1.54, 1.807) is 29.3 Å². The van der Waals surface area contributed by atoms with Crippen LogP contribution < -0.4 is 10.6 Å². The molecule has 2 fully saturated rings. The molecule has 4 N–H and O–H groups in total. The predicted octanol–water partition coefficient (Wildman–Crippen LogP) is 7.38. The first-order valence-corrected chi connectivity index (χ1v) is 17.6. The molecule has 2 aliphatic heterocycles. The van der Waals surface area contributed by atoms with Crippen LogP contribution in [0.15, 0.2) is 60.8 Å². The van der Waals surface area contributed by atoms with Crippen molar-refractivity contribution in [2.75, 3.05) is 20.2 Å². The summed E-state index contributed by atoms with van der Waals surface area (Å²) >= 11 is 0. The summed E-state index contributed by atoms with van der Waals surface area (Å²) < 4.78 is 37.4. The molecule has 0 radical (unpaired) electrons. The number of aromatic nitrogens is 4. The topological polar surface area (TPSA) is 128 Å². The van der Waals surface area contributed by atoms with Crippen LogP contribution in [0.5, 0.6) is 0 Å². The molecule has 1 unspecified atom stereocenters. The molecule has 3 aliphatic rings. The third-order valence-electron chi connectivity index (χ3n) is 10.9. The molecule has 2 amide bonds. The summed E-state index contributed by atoms with van der Waals surface area (Å²) in [7, 11) is 1.26. The Balaban J connectivity index is 1.05. The van der Waals surface area contributed by atoms with Crippen molar-refractivity contribution in [3.8, 4) is 33.5 Å². The van der Waals surface area contributed by atoms with E-state index in [2.05, 4.69) is 32.5 Å². The Morgan fingerprint density at radius 3 is 2.39 bits per heavy atom. The van der Waals surface area contributed by atoms with Crippen LogP contribution in [0.4, 0.5) is 13.6 Å². The van der Waals surface area contributed by atoms with Crippen molar-refractivity contribution >= 4 is 23.0 Å². The van der Waals surface area contributed by atoms with E-state index in [-0.39, 0.29) is 34.5 Å². The second-order valence-electron chi connectivity index (χ2n) is 14.5. The lowest BCUT2D eigenvalue weighted by molar-refractivity contribution is -0.135. The van der Waals surface area contributed by atoms with Gasteiger partial charge >= 0.3 is 6.09 Å².